The van der Waals surface area contributed by atoms with Gasteiger partial charge in [0, 0.05) is 25.2 Å². The quantitative estimate of drug-likeness (QED) is 0.863. The molecule has 19 heavy (non-hydrogen) atoms. The molecule has 2 aliphatic rings. The van der Waals surface area contributed by atoms with Crippen molar-refractivity contribution in [2.45, 2.75) is 18.9 Å². The Bertz CT molecular complexity index is 523. The van der Waals surface area contributed by atoms with E-state index in [1.807, 2.05) is 4.90 Å². The van der Waals surface area contributed by atoms with Crippen molar-refractivity contribution in [2.24, 2.45) is 11.8 Å². The summed E-state index contributed by atoms with van der Waals surface area (Å²) in [7, 11) is 0. The maximum Gasteiger partial charge on any atom is 0.337 e. The van der Waals surface area contributed by atoms with Gasteiger partial charge in [0.1, 0.15) is 5.82 Å². The number of fused-ring (bicyclic) bond motifs is 1. The van der Waals surface area contributed by atoms with Gasteiger partial charge in [0.15, 0.2) is 0 Å². The van der Waals surface area contributed by atoms with Gasteiger partial charge >= 0.3 is 5.97 Å². The first kappa shape index (κ1) is 12.7. The number of pyridine rings is 1. The molecule has 6 heteroatoms. The van der Waals surface area contributed by atoms with Crippen LogP contribution in [0.25, 0.3) is 0 Å². The summed E-state index contributed by atoms with van der Waals surface area (Å²) in [4.78, 5) is 17.1. The number of carboxylic acid groups (broad SMARTS) is 1. The monoisotopic (exact) mass is 282 g/mol. The fourth-order valence-electron chi connectivity index (χ4n) is 3.19. The van der Waals surface area contributed by atoms with Gasteiger partial charge in [-0.05, 0) is 24.8 Å². The zero-order valence-corrected chi connectivity index (χ0v) is 11.0. The van der Waals surface area contributed by atoms with Crippen molar-refractivity contribution < 1.29 is 15.0 Å². The lowest BCUT2D eigenvalue weighted by molar-refractivity contribution is 0.0696. The Hall–Kier alpha value is -1.33. The number of hydrogen-bond acceptors (Lipinski definition) is 4. The largest absolute Gasteiger partial charge is 0.478 e. The number of rotatable bonds is 2. The van der Waals surface area contributed by atoms with Gasteiger partial charge in [-0.2, -0.15) is 0 Å². The van der Waals surface area contributed by atoms with E-state index < -0.39 is 5.97 Å². The summed E-state index contributed by atoms with van der Waals surface area (Å²) < 4.78 is 0. The van der Waals surface area contributed by atoms with Crippen molar-refractivity contribution in [3.8, 4) is 0 Å². The molecule has 1 saturated heterocycles. The molecule has 2 fully saturated rings. The summed E-state index contributed by atoms with van der Waals surface area (Å²) in [5, 5.41) is 19.1. The molecule has 1 aliphatic heterocycles. The summed E-state index contributed by atoms with van der Waals surface area (Å²) in [6.07, 6.45) is 3.01. The van der Waals surface area contributed by atoms with Crippen LogP contribution < -0.4 is 4.90 Å². The van der Waals surface area contributed by atoms with Crippen molar-refractivity contribution in [3.63, 3.8) is 0 Å². The highest BCUT2D eigenvalue weighted by Crippen LogP contribution is 2.40. The Morgan fingerprint density at radius 1 is 1.42 bits per heavy atom. The summed E-state index contributed by atoms with van der Waals surface area (Å²) in [6.45, 7) is 1.58. The number of aliphatic hydroxyl groups is 1. The number of aromatic nitrogens is 1. The summed E-state index contributed by atoms with van der Waals surface area (Å²) in [6, 6.07) is 1.43. The number of nitrogens with zero attached hydrogens (tertiary/aromatic N) is 2. The van der Waals surface area contributed by atoms with E-state index in [1.165, 1.54) is 12.3 Å². The van der Waals surface area contributed by atoms with Crippen molar-refractivity contribution in [3.05, 3.63) is 22.8 Å². The second kappa shape index (κ2) is 4.65. The number of hydrogen-bond donors (Lipinski definition) is 2. The lowest BCUT2D eigenvalue weighted by Crippen LogP contribution is -2.25. The molecule has 2 heterocycles. The first-order valence-corrected chi connectivity index (χ1v) is 6.76. The van der Waals surface area contributed by atoms with Gasteiger partial charge in [0.25, 0.3) is 0 Å². The standard InChI is InChI=1S/C13H15ClN2O3/c14-10-3-8(13(18)19)4-15-12(10)16-5-7-1-2-11(17)9(7)6-16/h3-4,7,9,11,17H,1-2,5-6H2,(H,18,19). The molecular formula is C13H15ClN2O3. The molecular weight excluding hydrogens is 268 g/mol. The van der Waals surface area contributed by atoms with Gasteiger partial charge in [-0.25, -0.2) is 9.78 Å². The molecule has 1 aliphatic carbocycles. The van der Waals surface area contributed by atoms with E-state index in [4.69, 9.17) is 16.7 Å². The fourth-order valence-corrected chi connectivity index (χ4v) is 3.48. The average molecular weight is 283 g/mol. The van der Waals surface area contributed by atoms with Crippen LogP contribution in [0.1, 0.15) is 23.2 Å². The van der Waals surface area contributed by atoms with E-state index in [0.29, 0.717) is 16.8 Å². The van der Waals surface area contributed by atoms with Crippen LogP contribution in [0.15, 0.2) is 12.3 Å². The third-order valence-corrected chi connectivity index (χ3v) is 4.47. The zero-order valence-electron chi connectivity index (χ0n) is 10.3. The van der Waals surface area contributed by atoms with E-state index >= 15 is 0 Å². The summed E-state index contributed by atoms with van der Waals surface area (Å²) >= 11 is 6.12. The summed E-state index contributed by atoms with van der Waals surface area (Å²) in [5.74, 6) is 0.368. The van der Waals surface area contributed by atoms with Crippen LogP contribution in [0.3, 0.4) is 0 Å². The Balaban J connectivity index is 1.82. The first-order chi connectivity index (χ1) is 9.06. The SMILES string of the molecule is O=C(O)c1cnc(N2CC3CCC(O)C3C2)c(Cl)c1. The normalized spacial score (nSPS) is 29.6. The average Bonchev–Trinajstić information content (AvgIpc) is 2.92. The first-order valence-electron chi connectivity index (χ1n) is 6.38. The Morgan fingerprint density at radius 2 is 2.21 bits per heavy atom. The zero-order chi connectivity index (χ0) is 13.6. The molecule has 3 atom stereocenters. The summed E-state index contributed by atoms with van der Waals surface area (Å²) in [5.41, 5.74) is 0.0909. The van der Waals surface area contributed by atoms with Crippen molar-refractivity contribution >= 4 is 23.4 Å². The van der Waals surface area contributed by atoms with Crippen molar-refractivity contribution in [1.82, 2.24) is 4.98 Å². The Morgan fingerprint density at radius 3 is 2.84 bits per heavy atom. The number of aliphatic hydroxyl groups excluding tert-OH is 1. The highest BCUT2D eigenvalue weighted by molar-refractivity contribution is 6.33. The van der Waals surface area contributed by atoms with Crippen LogP contribution in [-0.2, 0) is 0 Å². The van der Waals surface area contributed by atoms with Gasteiger partial charge < -0.3 is 15.1 Å². The maximum absolute atomic E-state index is 10.8. The molecule has 1 aromatic rings. The smallest absolute Gasteiger partial charge is 0.337 e. The fraction of sp³-hybridized carbons (Fsp3) is 0.538. The number of aromatic carboxylic acids is 1. The highest BCUT2D eigenvalue weighted by Gasteiger charge is 2.42. The molecule has 3 rings (SSSR count). The lowest BCUT2D eigenvalue weighted by Gasteiger charge is -2.20. The van der Waals surface area contributed by atoms with Gasteiger partial charge in [-0.1, -0.05) is 11.6 Å². The molecule has 1 aromatic heterocycles. The van der Waals surface area contributed by atoms with E-state index in [-0.39, 0.29) is 17.6 Å². The third kappa shape index (κ3) is 2.17. The van der Waals surface area contributed by atoms with Crippen LogP contribution in [0.4, 0.5) is 5.82 Å². The number of anilines is 1. The van der Waals surface area contributed by atoms with E-state index in [9.17, 15) is 9.90 Å². The number of carbonyl (C=O) groups is 1. The van der Waals surface area contributed by atoms with Crippen LogP contribution in [0, 0.1) is 11.8 Å². The van der Waals surface area contributed by atoms with E-state index in [2.05, 4.69) is 4.98 Å². The van der Waals surface area contributed by atoms with E-state index in [0.717, 1.165) is 25.9 Å². The van der Waals surface area contributed by atoms with Crippen LogP contribution in [0.5, 0.6) is 0 Å². The predicted molar refractivity (Wildman–Crippen MR) is 70.6 cm³/mol. The van der Waals surface area contributed by atoms with Gasteiger partial charge in [0.2, 0.25) is 0 Å². The minimum absolute atomic E-state index is 0.0909. The van der Waals surface area contributed by atoms with Crippen molar-refractivity contribution in [1.29, 1.82) is 0 Å². The predicted octanol–water partition coefficient (Wildman–Crippen LogP) is 1.64. The number of carboxylic acids is 1. The molecule has 0 radical (unpaired) electrons. The highest BCUT2D eigenvalue weighted by atomic mass is 35.5. The molecule has 102 valence electrons. The Labute approximate surface area is 115 Å². The molecule has 0 aromatic carbocycles. The van der Waals surface area contributed by atoms with Gasteiger partial charge in [-0.15, -0.1) is 0 Å². The molecule has 2 N–H and O–H groups in total. The van der Waals surface area contributed by atoms with Crippen LogP contribution in [0.2, 0.25) is 5.02 Å². The van der Waals surface area contributed by atoms with Crippen LogP contribution in [-0.4, -0.2) is 40.4 Å². The minimum Gasteiger partial charge on any atom is -0.478 e. The van der Waals surface area contributed by atoms with Gasteiger partial charge in [-0.3, -0.25) is 0 Å². The topological polar surface area (TPSA) is 73.7 Å². The minimum atomic E-state index is -1.03. The van der Waals surface area contributed by atoms with E-state index in [1.54, 1.807) is 0 Å². The second-order valence-electron chi connectivity index (χ2n) is 5.31. The molecule has 0 amide bonds. The third-order valence-electron chi connectivity index (χ3n) is 4.19. The molecule has 3 unspecified atom stereocenters. The second-order valence-corrected chi connectivity index (χ2v) is 5.72. The maximum atomic E-state index is 10.8. The molecule has 0 spiro atoms. The Kier molecular flexibility index (Phi) is 3.11. The molecule has 0 bridgehead atoms. The molecule has 5 nitrogen and oxygen atoms in total. The number of halogens is 1. The van der Waals surface area contributed by atoms with Crippen LogP contribution >= 0.6 is 11.6 Å². The lowest BCUT2D eigenvalue weighted by atomic mass is 10.00. The molecule has 1 saturated carbocycles. The van der Waals surface area contributed by atoms with Crippen molar-refractivity contribution in [2.75, 3.05) is 18.0 Å². The van der Waals surface area contributed by atoms with Gasteiger partial charge in [0.05, 0.1) is 16.7 Å².